The first-order valence-electron chi connectivity index (χ1n) is 8.44. The number of hydrogen-bond donors (Lipinski definition) is 0. The third-order valence-corrected chi connectivity index (χ3v) is 7.12. The van der Waals surface area contributed by atoms with Crippen LogP contribution in [0.25, 0.3) is 0 Å². The van der Waals surface area contributed by atoms with Gasteiger partial charge in [-0.2, -0.15) is 0 Å². The van der Waals surface area contributed by atoms with E-state index in [0.717, 1.165) is 6.42 Å². The van der Waals surface area contributed by atoms with E-state index in [4.69, 9.17) is 4.74 Å². The van der Waals surface area contributed by atoms with E-state index in [1.54, 1.807) is 0 Å². The molecule has 0 radical (unpaired) electrons. The molecule has 21 heavy (non-hydrogen) atoms. The van der Waals surface area contributed by atoms with E-state index < -0.39 is 5.41 Å². The Balaban J connectivity index is 2.18. The third kappa shape index (κ3) is 2.26. The number of hydrogen-bond acceptors (Lipinski definition) is 2. The number of ether oxygens (including phenoxy) is 1. The van der Waals surface area contributed by atoms with Crippen molar-refractivity contribution < 1.29 is 9.53 Å². The molecule has 2 nitrogen and oxygen atoms in total. The Morgan fingerprint density at radius 2 is 1.95 bits per heavy atom. The van der Waals surface area contributed by atoms with Gasteiger partial charge in [0.25, 0.3) is 0 Å². The number of fused-ring (bicyclic) bond motifs is 2. The van der Waals surface area contributed by atoms with Crippen LogP contribution in [0.2, 0.25) is 0 Å². The summed E-state index contributed by atoms with van der Waals surface area (Å²) in [6.07, 6.45) is 7.56. The molecule has 2 aliphatic carbocycles. The molecule has 0 spiro atoms. The summed E-state index contributed by atoms with van der Waals surface area (Å²) in [7, 11) is 0. The number of carbonyl (C=O) groups is 1. The summed E-state index contributed by atoms with van der Waals surface area (Å²) in [5, 5.41) is 0. The van der Waals surface area contributed by atoms with Crippen molar-refractivity contribution in [1.82, 2.24) is 0 Å². The van der Waals surface area contributed by atoms with Gasteiger partial charge in [0.2, 0.25) is 0 Å². The molecule has 0 amide bonds. The predicted molar refractivity (Wildman–Crippen MR) is 86.9 cm³/mol. The molecule has 0 aromatic carbocycles. The van der Waals surface area contributed by atoms with Crippen LogP contribution in [0.4, 0.5) is 0 Å². The first-order valence-corrected chi connectivity index (χ1v) is 8.44. The molecular formula is C19H32O2. The number of rotatable bonds is 4. The molecule has 2 bridgehead atoms. The Morgan fingerprint density at radius 1 is 1.33 bits per heavy atom. The minimum absolute atomic E-state index is 0.0508. The van der Waals surface area contributed by atoms with E-state index in [1.165, 1.54) is 12.8 Å². The molecule has 2 fully saturated rings. The van der Waals surface area contributed by atoms with Crippen molar-refractivity contribution in [3.63, 3.8) is 0 Å². The summed E-state index contributed by atoms with van der Waals surface area (Å²) in [5.41, 5.74) is -0.0923. The molecule has 2 rings (SSSR count). The Kier molecular flexibility index (Phi) is 4.06. The summed E-state index contributed by atoms with van der Waals surface area (Å²) in [4.78, 5) is 12.8. The van der Waals surface area contributed by atoms with Gasteiger partial charge in [-0.25, -0.2) is 0 Å². The second-order valence-corrected chi connectivity index (χ2v) is 8.44. The Hall–Kier alpha value is -0.790. The standard InChI is InChI=1S/C19H32O2/c1-8-10-18(6,13(2)3)16(20)21-15-12-14-9-11-19(15,7)17(14,4)5/h8,10,13-15H,9,11-12H2,1-7H3/b10-8-. The third-order valence-electron chi connectivity index (χ3n) is 7.12. The Bertz CT molecular complexity index is 448. The van der Waals surface area contributed by atoms with Crippen molar-refractivity contribution >= 4 is 5.97 Å². The van der Waals surface area contributed by atoms with E-state index in [0.29, 0.717) is 5.92 Å². The lowest BCUT2D eigenvalue weighted by Crippen LogP contribution is -2.42. The van der Waals surface area contributed by atoms with Crippen molar-refractivity contribution in [2.24, 2.45) is 28.1 Å². The first-order chi connectivity index (χ1) is 9.59. The minimum Gasteiger partial charge on any atom is -0.461 e. The highest BCUT2D eigenvalue weighted by molar-refractivity contribution is 5.79. The quantitative estimate of drug-likeness (QED) is 0.539. The van der Waals surface area contributed by atoms with Crippen LogP contribution in [-0.2, 0) is 9.53 Å². The molecule has 4 atom stereocenters. The average Bonchev–Trinajstić information content (AvgIpc) is 2.71. The van der Waals surface area contributed by atoms with Crippen LogP contribution in [0.1, 0.15) is 67.7 Å². The molecule has 4 unspecified atom stereocenters. The highest BCUT2D eigenvalue weighted by atomic mass is 16.5. The molecule has 120 valence electrons. The van der Waals surface area contributed by atoms with Gasteiger partial charge < -0.3 is 4.74 Å². The van der Waals surface area contributed by atoms with Crippen molar-refractivity contribution in [2.45, 2.75) is 73.8 Å². The van der Waals surface area contributed by atoms with Crippen LogP contribution in [0.15, 0.2) is 12.2 Å². The zero-order valence-corrected chi connectivity index (χ0v) is 14.8. The lowest BCUT2D eigenvalue weighted by atomic mass is 9.70. The molecule has 0 aromatic heterocycles. The molecule has 0 N–H and O–H groups in total. The van der Waals surface area contributed by atoms with Crippen LogP contribution in [0.5, 0.6) is 0 Å². The van der Waals surface area contributed by atoms with E-state index in [9.17, 15) is 4.79 Å². The van der Waals surface area contributed by atoms with Gasteiger partial charge in [0.05, 0.1) is 5.41 Å². The number of allylic oxidation sites excluding steroid dienone is 1. The molecule has 2 heteroatoms. The monoisotopic (exact) mass is 292 g/mol. The summed E-state index contributed by atoms with van der Waals surface area (Å²) in [6, 6.07) is 0. The second-order valence-electron chi connectivity index (χ2n) is 8.44. The van der Waals surface area contributed by atoms with Gasteiger partial charge in [-0.05, 0) is 50.4 Å². The van der Waals surface area contributed by atoms with Gasteiger partial charge in [0.1, 0.15) is 6.10 Å². The molecule has 2 aliphatic rings. The fourth-order valence-electron chi connectivity index (χ4n) is 4.41. The van der Waals surface area contributed by atoms with E-state index in [1.807, 2.05) is 26.0 Å². The molecular weight excluding hydrogens is 260 g/mol. The van der Waals surface area contributed by atoms with Gasteiger partial charge in [-0.3, -0.25) is 4.79 Å². The smallest absolute Gasteiger partial charge is 0.316 e. The predicted octanol–water partition coefficient (Wildman–Crippen LogP) is 4.98. The number of esters is 1. The summed E-state index contributed by atoms with van der Waals surface area (Å²) >= 11 is 0. The van der Waals surface area contributed by atoms with E-state index in [-0.39, 0.29) is 28.8 Å². The maximum atomic E-state index is 12.8. The molecule has 0 heterocycles. The molecule has 0 aromatic rings. The van der Waals surface area contributed by atoms with E-state index in [2.05, 4.69) is 34.6 Å². The lowest BCUT2D eigenvalue weighted by molar-refractivity contribution is -0.167. The molecule has 0 saturated heterocycles. The SMILES string of the molecule is C/C=C\C(C)(C(=O)OC1CC2CCC1(C)C2(C)C)C(C)C. The molecule has 0 aliphatic heterocycles. The Morgan fingerprint density at radius 3 is 2.33 bits per heavy atom. The van der Waals surface area contributed by atoms with Crippen LogP contribution < -0.4 is 0 Å². The van der Waals surface area contributed by atoms with Crippen molar-refractivity contribution in [1.29, 1.82) is 0 Å². The van der Waals surface area contributed by atoms with Crippen molar-refractivity contribution in [3.05, 3.63) is 12.2 Å². The van der Waals surface area contributed by atoms with Gasteiger partial charge in [-0.1, -0.05) is 46.8 Å². The fraction of sp³-hybridized carbons (Fsp3) is 0.842. The fourth-order valence-corrected chi connectivity index (χ4v) is 4.41. The lowest BCUT2D eigenvalue weighted by Gasteiger charge is -2.40. The summed E-state index contributed by atoms with van der Waals surface area (Å²) < 4.78 is 6.07. The zero-order chi connectivity index (χ0) is 16.1. The van der Waals surface area contributed by atoms with Crippen molar-refractivity contribution in [3.8, 4) is 0 Å². The summed E-state index contributed by atoms with van der Waals surface area (Å²) in [5.74, 6) is 0.887. The zero-order valence-electron chi connectivity index (χ0n) is 14.8. The Labute approximate surface area is 130 Å². The van der Waals surface area contributed by atoms with Crippen LogP contribution in [0, 0.1) is 28.1 Å². The normalized spacial score (nSPS) is 37.1. The highest BCUT2D eigenvalue weighted by Gasteiger charge is 2.63. The maximum absolute atomic E-state index is 12.8. The van der Waals surface area contributed by atoms with Gasteiger partial charge >= 0.3 is 5.97 Å². The molecule has 2 saturated carbocycles. The number of carbonyl (C=O) groups excluding carboxylic acids is 1. The van der Waals surface area contributed by atoms with Gasteiger partial charge in [-0.15, -0.1) is 0 Å². The second kappa shape index (κ2) is 5.14. The largest absolute Gasteiger partial charge is 0.461 e. The van der Waals surface area contributed by atoms with Gasteiger partial charge in [0.15, 0.2) is 0 Å². The summed E-state index contributed by atoms with van der Waals surface area (Å²) in [6.45, 7) is 15.2. The average molecular weight is 292 g/mol. The first kappa shape index (κ1) is 16.6. The van der Waals surface area contributed by atoms with Crippen LogP contribution in [-0.4, -0.2) is 12.1 Å². The highest BCUT2D eigenvalue weighted by Crippen LogP contribution is 2.66. The topological polar surface area (TPSA) is 26.3 Å². The van der Waals surface area contributed by atoms with Crippen molar-refractivity contribution in [2.75, 3.05) is 0 Å². The maximum Gasteiger partial charge on any atom is 0.316 e. The van der Waals surface area contributed by atoms with Crippen LogP contribution in [0.3, 0.4) is 0 Å². The van der Waals surface area contributed by atoms with Gasteiger partial charge in [0, 0.05) is 5.41 Å². The van der Waals surface area contributed by atoms with E-state index >= 15 is 0 Å². The van der Waals surface area contributed by atoms with Crippen LogP contribution >= 0.6 is 0 Å². The minimum atomic E-state index is -0.517.